The predicted molar refractivity (Wildman–Crippen MR) is 78.9 cm³/mol. The van der Waals surface area contributed by atoms with E-state index in [2.05, 4.69) is 10.6 Å². The van der Waals surface area contributed by atoms with Crippen molar-refractivity contribution in [1.29, 1.82) is 0 Å². The van der Waals surface area contributed by atoms with Gasteiger partial charge in [-0.2, -0.15) is 0 Å². The number of rotatable bonds is 5. The van der Waals surface area contributed by atoms with E-state index in [1.807, 2.05) is 30.3 Å². The predicted octanol–water partition coefficient (Wildman–Crippen LogP) is 1.10. The van der Waals surface area contributed by atoms with E-state index in [9.17, 15) is 14.7 Å². The Labute approximate surface area is 124 Å². The highest BCUT2D eigenvalue weighted by Gasteiger charge is 2.28. The van der Waals surface area contributed by atoms with Crippen molar-refractivity contribution in [2.75, 3.05) is 19.6 Å². The zero-order chi connectivity index (χ0) is 15.3. The first-order chi connectivity index (χ1) is 9.98. The summed E-state index contributed by atoms with van der Waals surface area (Å²) in [5.41, 5.74) is 0.129. The Morgan fingerprint density at radius 2 is 2.14 bits per heavy atom. The molecule has 0 radical (unpaired) electrons. The number of aryl methyl sites for hydroxylation is 1. The second-order valence-electron chi connectivity index (χ2n) is 5.52. The molecule has 6 heteroatoms. The fourth-order valence-corrected chi connectivity index (χ4v) is 2.17. The smallest absolute Gasteiger partial charge is 0.325 e. The molecule has 0 aromatic heterocycles. The third-order valence-corrected chi connectivity index (χ3v) is 3.52. The van der Waals surface area contributed by atoms with Crippen LogP contribution in [0.1, 0.15) is 18.9 Å². The van der Waals surface area contributed by atoms with E-state index < -0.39 is 17.7 Å². The number of hydrogen-bond acceptors (Lipinski definition) is 3. The quantitative estimate of drug-likeness (QED) is 0.760. The molecule has 1 atom stereocenters. The lowest BCUT2D eigenvalue weighted by molar-refractivity contribution is 0.0524. The number of urea groups is 2. The van der Waals surface area contributed by atoms with E-state index in [0.29, 0.717) is 19.5 Å². The van der Waals surface area contributed by atoms with Gasteiger partial charge in [-0.15, -0.1) is 0 Å². The molecule has 1 aliphatic heterocycles. The van der Waals surface area contributed by atoms with Gasteiger partial charge in [-0.05, 0) is 25.3 Å². The molecule has 1 aromatic carbocycles. The van der Waals surface area contributed by atoms with Gasteiger partial charge in [-0.3, -0.25) is 0 Å². The molecule has 0 spiro atoms. The minimum absolute atomic E-state index is 0.114. The summed E-state index contributed by atoms with van der Waals surface area (Å²) < 4.78 is 0. The summed E-state index contributed by atoms with van der Waals surface area (Å²) >= 11 is 0. The maximum atomic E-state index is 11.8. The number of aliphatic hydroxyl groups is 1. The first-order valence-corrected chi connectivity index (χ1v) is 7.07. The van der Waals surface area contributed by atoms with Gasteiger partial charge in [-0.25, -0.2) is 14.5 Å². The number of carbonyl (C=O) groups is 2. The van der Waals surface area contributed by atoms with Crippen molar-refractivity contribution in [3.8, 4) is 0 Å². The molecule has 1 heterocycles. The van der Waals surface area contributed by atoms with Crippen molar-refractivity contribution in [3.05, 3.63) is 35.9 Å². The molecule has 1 aromatic rings. The molecule has 0 saturated carbocycles. The number of benzene rings is 1. The largest absolute Gasteiger partial charge is 0.388 e. The van der Waals surface area contributed by atoms with Gasteiger partial charge < -0.3 is 15.7 Å². The average Bonchev–Trinajstić information content (AvgIpc) is 2.90. The molecular formula is C15H21N3O3. The number of hydrogen-bond donors (Lipinski definition) is 3. The molecule has 114 valence electrons. The van der Waals surface area contributed by atoms with Crippen molar-refractivity contribution < 1.29 is 14.7 Å². The van der Waals surface area contributed by atoms with E-state index in [1.54, 1.807) is 6.92 Å². The van der Waals surface area contributed by atoms with E-state index in [-0.39, 0.29) is 6.54 Å². The first-order valence-electron chi connectivity index (χ1n) is 7.07. The van der Waals surface area contributed by atoms with Crippen molar-refractivity contribution >= 4 is 12.1 Å². The van der Waals surface area contributed by atoms with Gasteiger partial charge in [0.15, 0.2) is 0 Å². The van der Waals surface area contributed by atoms with Crippen LogP contribution < -0.4 is 10.6 Å². The summed E-state index contributed by atoms with van der Waals surface area (Å²) in [7, 11) is 0. The summed E-state index contributed by atoms with van der Waals surface area (Å²) in [5, 5.41) is 15.5. The molecule has 1 saturated heterocycles. The first kappa shape index (κ1) is 15.3. The van der Waals surface area contributed by atoms with Crippen molar-refractivity contribution in [1.82, 2.24) is 15.5 Å². The van der Waals surface area contributed by atoms with Crippen LogP contribution in [0.5, 0.6) is 0 Å². The van der Waals surface area contributed by atoms with Crippen LogP contribution in [-0.4, -0.2) is 47.3 Å². The second-order valence-corrected chi connectivity index (χ2v) is 5.52. The number of imide groups is 1. The van der Waals surface area contributed by atoms with Crippen LogP contribution in [-0.2, 0) is 6.42 Å². The standard InChI is InChI=1S/C15H21N3O3/c1-15(21,8-7-12-5-3-2-4-6-12)11-17-14(20)18-10-9-16-13(18)19/h2-6,21H,7-11H2,1H3,(H,16,19)(H,17,20). The monoisotopic (exact) mass is 291 g/mol. The Morgan fingerprint density at radius 3 is 2.76 bits per heavy atom. The Bertz CT molecular complexity index is 502. The van der Waals surface area contributed by atoms with Crippen molar-refractivity contribution in [3.63, 3.8) is 0 Å². The zero-order valence-corrected chi connectivity index (χ0v) is 12.1. The lowest BCUT2D eigenvalue weighted by Crippen LogP contribution is -2.47. The third-order valence-electron chi connectivity index (χ3n) is 3.52. The minimum Gasteiger partial charge on any atom is -0.388 e. The topological polar surface area (TPSA) is 81.7 Å². The zero-order valence-electron chi connectivity index (χ0n) is 12.1. The molecule has 1 aliphatic rings. The SMILES string of the molecule is CC(O)(CCc1ccccc1)CNC(=O)N1CCNC1=O. The number of amides is 4. The molecular weight excluding hydrogens is 270 g/mol. The van der Waals surface area contributed by atoms with Crippen LogP contribution in [0.25, 0.3) is 0 Å². The molecule has 0 bridgehead atoms. The number of nitrogens with zero attached hydrogens (tertiary/aromatic N) is 1. The summed E-state index contributed by atoms with van der Waals surface area (Å²) in [6.07, 6.45) is 1.26. The highest BCUT2D eigenvalue weighted by Crippen LogP contribution is 2.13. The molecule has 6 nitrogen and oxygen atoms in total. The van der Waals surface area contributed by atoms with E-state index in [1.165, 1.54) is 0 Å². The molecule has 21 heavy (non-hydrogen) atoms. The van der Waals surface area contributed by atoms with Gasteiger partial charge in [-0.1, -0.05) is 30.3 Å². The molecule has 1 fully saturated rings. The molecule has 1 unspecified atom stereocenters. The van der Waals surface area contributed by atoms with Crippen LogP contribution in [0.4, 0.5) is 9.59 Å². The van der Waals surface area contributed by atoms with Gasteiger partial charge in [0, 0.05) is 19.6 Å². The van der Waals surface area contributed by atoms with Crippen LogP contribution in [0.2, 0.25) is 0 Å². The van der Waals surface area contributed by atoms with Gasteiger partial charge in [0.05, 0.1) is 5.60 Å². The maximum Gasteiger partial charge on any atom is 0.325 e. The summed E-state index contributed by atoms with van der Waals surface area (Å²) in [6, 6.07) is 9.01. The van der Waals surface area contributed by atoms with E-state index in [0.717, 1.165) is 16.9 Å². The number of carbonyl (C=O) groups excluding carboxylic acids is 2. The van der Waals surface area contributed by atoms with Crippen LogP contribution in [0, 0.1) is 0 Å². The van der Waals surface area contributed by atoms with Gasteiger partial charge in [0.25, 0.3) is 0 Å². The van der Waals surface area contributed by atoms with Crippen LogP contribution in [0.15, 0.2) is 30.3 Å². The van der Waals surface area contributed by atoms with E-state index in [4.69, 9.17) is 0 Å². The van der Waals surface area contributed by atoms with Gasteiger partial charge in [0.2, 0.25) is 0 Å². The second kappa shape index (κ2) is 6.58. The highest BCUT2D eigenvalue weighted by molar-refractivity contribution is 5.94. The fraction of sp³-hybridized carbons (Fsp3) is 0.467. The molecule has 0 aliphatic carbocycles. The highest BCUT2D eigenvalue weighted by atomic mass is 16.3. The van der Waals surface area contributed by atoms with Crippen LogP contribution >= 0.6 is 0 Å². The van der Waals surface area contributed by atoms with Gasteiger partial charge in [0.1, 0.15) is 0 Å². The van der Waals surface area contributed by atoms with Crippen molar-refractivity contribution in [2.45, 2.75) is 25.4 Å². The summed E-state index contributed by atoms with van der Waals surface area (Å²) in [4.78, 5) is 24.3. The Morgan fingerprint density at radius 1 is 1.43 bits per heavy atom. The van der Waals surface area contributed by atoms with E-state index >= 15 is 0 Å². The minimum atomic E-state index is -1.01. The van der Waals surface area contributed by atoms with Crippen LogP contribution in [0.3, 0.4) is 0 Å². The normalized spacial score (nSPS) is 17.2. The Hall–Kier alpha value is -2.08. The third kappa shape index (κ3) is 4.46. The summed E-state index contributed by atoms with van der Waals surface area (Å²) in [6.45, 7) is 2.62. The van der Waals surface area contributed by atoms with Gasteiger partial charge >= 0.3 is 12.1 Å². The number of nitrogens with one attached hydrogen (secondary N) is 2. The lowest BCUT2D eigenvalue weighted by atomic mass is 9.97. The molecule has 4 amide bonds. The summed E-state index contributed by atoms with van der Waals surface area (Å²) in [5.74, 6) is 0. The van der Waals surface area contributed by atoms with Crippen molar-refractivity contribution in [2.24, 2.45) is 0 Å². The molecule has 3 N–H and O–H groups in total. The average molecular weight is 291 g/mol. The lowest BCUT2D eigenvalue weighted by Gasteiger charge is -2.25. The molecule has 2 rings (SSSR count). The fourth-order valence-electron chi connectivity index (χ4n) is 2.17. The Kier molecular flexibility index (Phi) is 4.80. The Balaban J connectivity index is 1.78. The maximum absolute atomic E-state index is 11.8.